The lowest BCUT2D eigenvalue weighted by atomic mass is 10.1. The summed E-state index contributed by atoms with van der Waals surface area (Å²) in [7, 11) is 1.70. The van der Waals surface area contributed by atoms with Crippen molar-refractivity contribution < 1.29 is 9.47 Å². The average Bonchev–Trinajstić information content (AvgIpc) is 2.40. The van der Waals surface area contributed by atoms with Crippen LogP contribution in [0.5, 0.6) is 5.75 Å². The number of benzene rings is 2. The van der Waals surface area contributed by atoms with E-state index in [1.54, 1.807) is 7.11 Å². The molecule has 2 aromatic carbocycles. The van der Waals surface area contributed by atoms with Gasteiger partial charge in [-0.15, -0.1) is 0 Å². The van der Waals surface area contributed by atoms with Crippen LogP contribution in [0.4, 0.5) is 5.69 Å². The molecule has 0 amide bonds. The minimum Gasteiger partial charge on any atom is -0.490 e. The molecule has 1 atom stereocenters. The second kappa shape index (κ2) is 5.74. The molecule has 0 heterocycles. The summed E-state index contributed by atoms with van der Waals surface area (Å²) >= 11 is 0. The topological polar surface area (TPSA) is 44.5 Å². The third kappa shape index (κ3) is 2.74. The van der Waals surface area contributed by atoms with Crippen molar-refractivity contribution in [3.8, 4) is 5.75 Å². The van der Waals surface area contributed by atoms with E-state index >= 15 is 0 Å². The fourth-order valence-electron chi connectivity index (χ4n) is 1.96. The average molecular weight is 245 g/mol. The van der Waals surface area contributed by atoms with Crippen molar-refractivity contribution in [2.75, 3.05) is 19.5 Å². The molecule has 0 spiro atoms. The minimum atomic E-state index is 0.122. The van der Waals surface area contributed by atoms with Crippen LogP contribution in [0.3, 0.4) is 0 Å². The molecule has 2 N–H and O–H groups in total. The molecule has 96 valence electrons. The third-order valence-electron chi connectivity index (χ3n) is 2.97. The maximum atomic E-state index is 5.96. The third-order valence-corrected chi connectivity index (χ3v) is 2.97. The molecule has 1 unspecified atom stereocenters. The molecular formula is C15H19NO2. The second-order valence-electron chi connectivity index (χ2n) is 4.41. The fourth-order valence-corrected chi connectivity index (χ4v) is 1.96. The van der Waals surface area contributed by atoms with Crippen LogP contribution < -0.4 is 10.5 Å². The predicted molar refractivity (Wildman–Crippen MR) is 74.9 cm³/mol. The van der Waals surface area contributed by atoms with E-state index in [9.17, 15) is 0 Å². The van der Waals surface area contributed by atoms with E-state index in [0.29, 0.717) is 6.61 Å². The van der Waals surface area contributed by atoms with Gasteiger partial charge in [0.1, 0.15) is 5.75 Å². The Labute approximate surface area is 108 Å². The molecule has 0 aliphatic heterocycles. The quantitative estimate of drug-likeness (QED) is 0.822. The Bertz CT molecular complexity index is 525. The number of fused-ring (bicyclic) bond motifs is 1. The molecular weight excluding hydrogens is 226 g/mol. The number of hydrogen-bond acceptors (Lipinski definition) is 3. The second-order valence-corrected chi connectivity index (χ2v) is 4.41. The Morgan fingerprint density at radius 3 is 2.56 bits per heavy atom. The zero-order valence-electron chi connectivity index (χ0n) is 10.8. The van der Waals surface area contributed by atoms with E-state index in [0.717, 1.165) is 28.6 Å². The Kier molecular flexibility index (Phi) is 4.05. The van der Waals surface area contributed by atoms with Gasteiger partial charge in [-0.1, -0.05) is 24.3 Å². The van der Waals surface area contributed by atoms with Crippen LogP contribution >= 0.6 is 0 Å². The van der Waals surface area contributed by atoms with E-state index in [-0.39, 0.29) is 6.10 Å². The number of anilines is 1. The van der Waals surface area contributed by atoms with E-state index < -0.39 is 0 Å². The maximum Gasteiger partial charge on any atom is 0.127 e. The number of nitrogen functional groups attached to an aromatic ring is 1. The number of hydrogen-bond donors (Lipinski definition) is 1. The van der Waals surface area contributed by atoms with Gasteiger partial charge in [-0.2, -0.15) is 0 Å². The van der Waals surface area contributed by atoms with Gasteiger partial charge in [-0.25, -0.2) is 0 Å². The minimum absolute atomic E-state index is 0.122. The molecule has 3 heteroatoms. The SMILES string of the molecule is COCCC(C)Oc1ccc(N)c2ccccc12. The molecule has 0 aliphatic rings. The lowest BCUT2D eigenvalue weighted by Gasteiger charge is -2.16. The summed E-state index contributed by atoms with van der Waals surface area (Å²) in [5.74, 6) is 0.878. The van der Waals surface area contributed by atoms with Crippen LogP contribution in [0.15, 0.2) is 36.4 Å². The zero-order chi connectivity index (χ0) is 13.0. The van der Waals surface area contributed by atoms with Crippen LogP contribution in [0, 0.1) is 0 Å². The first-order chi connectivity index (χ1) is 8.72. The zero-order valence-corrected chi connectivity index (χ0v) is 10.8. The number of ether oxygens (including phenoxy) is 2. The van der Waals surface area contributed by atoms with Gasteiger partial charge in [0.2, 0.25) is 0 Å². The van der Waals surface area contributed by atoms with Crippen molar-refractivity contribution in [3.63, 3.8) is 0 Å². The van der Waals surface area contributed by atoms with E-state index in [2.05, 4.69) is 0 Å². The van der Waals surface area contributed by atoms with E-state index in [1.165, 1.54) is 0 Å². The fraction of sp³-hybridized carbons (Fsp3) is 0.333. The highest BCUT2D eigenvalue weighted by Gasteiger charge is 2.08. The van der Waals surface area contributed by atoms with E-state index in [1.807, 2.05) is 43.3 Å². The largest absolute Gasteiger partial charge is 0.490 e. The first-order valence-corrected chi connectivity index (χ1v) is 6.15. The lowest BCUT2D eigenvalue weighted by Crippen LogP contribution is -2.14. The number of rotatable bonds is 5. The van der Waals surface area contributed by atoms with Crippen molar-refractivity contribution in [1.82, 2.24) is 0 Å². The highest BCUT2D eigenvalue weighted by Crippen LogP contribution is 2.30. The van der Waals surface area contributed by atoms with Gasteiger partial charge in [0, 0.05) is 36.6 Å². The number of nitrogens with two attached hydrogens (primary N) is 1. The van der Waals surface area contributed by atoms with Crippen molar-refractivity contribution >= 4 is 16.5 Å². The summed E-state index contributed by atoms with van der Waals surface area (Å²) in [5, 5.41) is 2.09. The first kappa shape index (κ1) is 12.7. The Hall–Kier alpha value is -1.74. The van der Waals surface area contributed by atoms with Gasteiger partial charge in [0.05, 0.1) is 6.10 Å². The van der Waals surface area contributed by atoms with Gasteiger partial charge in [-0.3, -0.25) is 0 Å². The van der Waals surface area contributed by atoms with Crippen LogP contribution in [0.2, 0.25) is 0 Å². The van der Waals surface area contributed by atoms with Crippen molar-refractivity contribution in [2.24, 2.45) is 0 Å². The van der Waals surface area contributed by atoms with Crippen LogP contribution in [-0.4, -0.2) is 19.8 Å². The van der Waals surface area contributed by atoms with Crippen molar-refractivity contribution in [2.45, 2.75) is 19.4 Å². The summed E-state index contributed by atoms with van der Waals surface area (Å²) in [5.41, 5.74) is 6.74. The van der Waals surface area contributed by atoms with Gasteiger partial charge < -0.3 is 15.2 Å². The van der Waals surface area contributed by atoms with Crippen LogP contribution in [0.1, 0.15) is 13.3 Å². The normalized spacial score (nSPS) is 12.6. The molecule has 0 aromatic heterocycles. The summed E-state index contributed by atoms with van der Waals surface area (Å²) in [6.45, 7) is 2.75. The van der Waals surface area contributed by atoms with Crippen LogP contribution in [-0.2, 0) is 4.74 Å². The molecule has 18 heavy (non-hydrogen) atoms. The standard InChI is InChI=1S/C15H19NO2/c1-11(9-10-17-2)18-15-8-7-14(16)12-5-3-4-6-13(12)15/h3-8,11H,9-10,16H2,1-2H3. The number of methoxy groups -OCH3 is 1. The summed E-state index contributed by atoms with van der Waals surface area (Å²) < 4.78 is 11.0. The monoisotopic (exact) mass is 245 g/mol. The summed E-state index contributed by atoms with van der Waals surface area (Å²) in [6.07, 6.45) is 0.992. The molecule has 0 bridgehead atoms. The molecule has 2 rings (SSSR count). The Morgan fingerprint density at radius 1 is 1.11 bits per heavy atom. The highest BCUT2D eigenvalue weighted by atomic mass is 16.5. The van der Waals surface area contributed by atoms with Crippen molar-refractivity contribution in [1.29, 1.82) is 0 Å². The van der Waals surface area contributed by atoms with Gasteiger partial charge in [0.25, 0.3) is 0 Å². The molecule has 2 aromatic rings. The Morgan fingerprint density at radius 2 is 1.83 bits per heavy atom. The smallest absolute Gasteiger partial charge is 0.127 e. The van der Waals surface area contributed by atoms with Gasteiger partial charge in [-0.05, 0) is 19.1 Å². The first-order valence-electron chi connectivity index (χ1n) is 6.15. The molecule has 0 fully saturated rings. The molecule has 0 saturated heterocycles. The summed E-state index contributed by atoms with van der Waals surface area (Å²) in [6, 6.07) is 11.8. The predicted octanol–water partition coefficient (Wildman–Crippen LogP) is 3.23. The van der Waals surface area contributed by atoms with Gasteiger partial charge in [0.15, 0.2) is 0 Å². The van der Waals surface area contributed by atoms with Crippen LogP contribution in [0.25, 0.3) is 10.8 Å². The molecule has 0 aliphatic carbocycles. The Balaban J connectivity index is 2.26. The highest BCUT2D eigenvalue weighted by molar-refractivity contribution is 5.96. The molecule has 0 radical (unpaired) electrons. The van der Waals surface area contributed by atoms with Gasteiger partial charge >= 0.3 is 0 Å². The summed E-state index contributed by atoms with van der Waals surface area (Å²) in [4.78, 5) is 0. The van der Waals surface area contributed by atoms with Crippen molar-refractivity contribution in [3.05, 3.63) is 36.4 Å². The van der Waals surface area contributed by atoms with E-state index in [4.69, 9.17) is 15.2 Å². The molecule has 3 nitrogen and oxygen atoms in total. The molecule has 0 saturated carbocycles. The maximum absolute atomic E-state index is 5.96. The lowest BCUT2D eigenvalue weighted by molar-refractivity contribution is 0.136.